The first-order valence-corrected chi connectivity index (χ1v) is 10.8. The number of fused-ring (bicyclic) bond motifs is 2. The van der Waals surface area contributed by atoms with Crippen molar-refractivity contribution in [2.24, 2.45) is 5.92 Å². The zero-order chi connectivity index (χ0) is 19.7. The van der Waals surface area contributed by atoms with Crippen molar-refractivity contribution in [2.45, 2.75) is 43.0 Å². The highest BCUT2D eigenvalue weighted by Crippen LogP contribution is 2.41. The van der Waals surface area contributed by atoms with E-state index in [9.17, 15) is 9.59 Å². The molecule has 0 unspecified atom stereocenters. The molecule has 0 spiro atoms. The first kappa shape index (κ1) is 19.0. The van der Waals surface area contributed by atoms with Crippen molar-refractivity contribution in [3.05, 3.63) is 47.7 Å². The molecule has 2 amide bonds. The van der Waals surface area contributed by atoms with Gasteiger partial charge in [-0.3, -0.25) is 9.59 Å². The third-order valence-electron chi connectivity index (χ3n) is 5.47. The van der Waals surface area contributed by atoms with Gasteiger partial charge in [-0.1, -0.05) is 25.6 Å². The molecule has 2 aliphatic rings. The van der Waals surface area contributed by atoms with Crippen molar-refractivity contribution in [3.8, 4) is 0 Å². The second-order valence-corrected chi connectivity index (χ2v) is 8.60. The van der Waals surface area contributed by atoms with E-state index in [2.05, 4.69) is 18.8 Å². The Balaban J connectivity index is 1.70. The number of hydrogen-bond donors (Lipinski definition) is 0. The summed E-state index contributed by atoms with van der Waals surface area (Å²) < 4.78 is 0. The van der Waals surface area contributed by atoms with Crippen LogP contribution in [0.25, 0.3) is 0 Å². The Kier molecular flexibility index (Phi) is 5.40. The largest absolute Gasteiger partial charge is 0.339 e. The van der Waals surface area contributed by atoms with Gasteiger partial charge < -0.3 is 9.80 Å². The average Bonchev–Trinajstić information content (AvgIpc) is 2.83. The fourth-order valence-corrected chi connectivity index (χ4v) is 4.84. The normalized spacial score (nSPS) is 17.1. The van der Waals surface area contributed by atoms with Crippen LogP contribution in [0.5, 0.6) is 0 Å². The molecule has 4 rings (SSSR count). The smallest absolute Gasteiger partial charge is 0.261 e. The molecule has 1 fully saturated rings. The van der Waals surface area contributed by atoms with Gasteiger partial charge in [0.25, 0.3) is 11.8 Å². The molecule has 1 aromatic carbocycles. The van der Waals surface area contributed by atoms with Crippen LogP contribution >= 0.6 is 11.8 Å². The van der Waals surface area contributed by atoms with Crippen LogP contribution in [0.15, 0.2) is 46.5 Å². The molecule has 3 heterocycles. The van der Waals surface area contributed by atoms with Crippen LogP contribution < -0.4 is 4.90 Å². The molecule has 0 saturated carbocycles. The number of pyridine rings is 1. The van der Waals surface area contributed by atoms with Crippen molar-refractivity contribution in [1.82, 2.24) is 9.88 Å². The SMILES string of the molecule is CCCN1C(=O)c2cccnc2Sc2cc(C(=O)N3CCC(C)CC3)ccc21. The van der Waals surface area contributed by atoms with Crippen LogP contribution in [0.1, 0.15) is 53.8 Å². The summed E-state index contributed by atoms with van der Waals surface area (Å²) in [5.74, 6) is 0.734. The van der Waals surface area contributed by atoms with Crippen molar-refractivity contribution in [3.63, 3.8) is 0 Å². The third-order valence-corrected chi connectivity index (χ3v) is 6.53. The highest BCUT2D eigenvalue weighted by atomic mass is 32.2. The Hall–Kier alpha value is -2.34. The van der Waals surface area contributed by atoms with Crippen molar-refractivity contribution >= 4 is 29.3 Å². The summed E-state index contributed by atoms with van der Waals surface area (Å²) in [6, 6.07) is 9.33. The topological polar surface area (TPSA) is 53.5 Å². The third kappa shape index (κ3) is 3.53. The van der Waals surface area contributed by atoms with Crippen LogP contribution in [0, 0.1) is 5.92 Å². The first-order chi connectivity index (χ1) is 13.6. The Bertz CT molecular complexity index is 906. The molecule has 0 radical (unpaired) electrons. The molecular weight excluding hydrogens is 370 g/mol. The average molecular weight is 396 g/mol. The summed E-state index contributed by atoms with van der Waals surface area (Å²) in [6.45, 7) is 6.57. The number of likely N-dealkylation sites (tertiary alicyclic amines) is 1. The van der Waals surface area contributed by atoms with Gasteiger partial charge in [0.2, 0.25) is 0 Å². The van der Waals surface area contributed by atoms with E-state index in [4.69, 9.17) is 0 Å². The molecule has 1 aromatic heterocycles. The van der Waals surface area contributed by atoms with Gasteiger partial charge in [-0.05, 0) is 55.5 Å². The van der Waals surface area contributed by atoms with Crippen LogP contribution in [-0.2, 0) is 0 Å². The molecule has 0 aliphatic carbocycles. The van der Waals surface area contributed by atoms with Gasteiger partial charge >= 0.3 is 0 Å². The summed E-state index contributed by atoms with van der Waals surface area (Å²) in [5.41, 5.74) is 2.16. The van der Waals surface area contributed by atoms with Crippen molar-refractivity contribution in [1.29, 1.82) is 0 Å². The highest BCUT2D eigenvalue weighted by molar-refractivity contribution is 7.99. The van der Waals surface area contributed by atoms with E-state index in [0.29, 0.717) is 28.6 Å². The molecule has 146 valence electrons. The van der Waals surface area contributed by atoms with Crippen molar-refractivity contribution < 1.29 is 9.59 Å². The maximum Gasteiger partial charge on any atom is 0.261 e. The van der Waals surface area contributed by atoms with Gasteiger partial charge in [0.15, 0.2) is 0 Å². The van der Waals surface area contributed by atoms with Crippen LogP contribution in [0.3, 0.4) is 0 Å². The predicted molar refractivity (Wildman–Crippen MR) is 111 cm³/mol. The van der Waals surface area contributed by atoms with E-state index < -0.39 is 0 Å². The number of rotatable bonds is 3. The lowest BCUT2D eigenvalue weighted by Crippen LogP contribution is -2.38. The molecule has 1 saturated heterocycles. The summed E-state index contributed by atoms with van der Waals surface area (Å²) >= 11 is 1.47. The number of nitrogens with zero attached hydrogens (tertiary/aromatic N) is 3. The zero-order valence-corrected chi connectivity index (χ0v) is 17.2. The number of anilines is 1. The minimum absolute atomic E-state index is 0.0275. The van der Waals surface area contributed by atoms with E-state index in [0.717, 1.165) is 42.9 Å². The van der Waals surface area contributed by atoms with Gasteiger partial charge in [0.05, 0.1) is 11.3 Å². The van der Waals surface area contributed by atoms with E-state index in [1.807, 2.05) is 34.1 Å². The number of carbonyl (C=O) groups excluding carboxylic acids is 2. The monoisotopic (exact) mass is 395 g/mol. The molecule has 2 aromatic rings. The lowest BCUT2D eigenvalue weighted by atomic mass is 9.98. The first-order valence-electron chi connectivity index (χ1n) is 9.96. The number of piperidine rings is 1. The van der Waals surface area contributed by atoms with Gasteiger partial charge in [-0.2, -0.15) is 0 Å². The Morgan fingerprint density at radius 1 is 1.25 bits per heavy atom. The number of benzene rings is 1. The van der Waals surface area contributed by atoms with Gasteiger partial charge in [-0.15, -0.1) is 0 Å². The molecule has 0 atom stereocenters. The maximum absolute atomic E-state index is 13.1. The highest BCUT2D eigenvalue weighted by Gasteiger charge is 2.29. The molecule has 0 N–H and O–H groups in total. The van der Waals surface area contributed by atoms with Crippen LogP contribution in [0.2, 0.25) is 0 Å². The van der Waals surface area contributed by atoms with Gasteiger partial charge in [0, 0.05) is 36.3 Å². The Morgan fingerprint density at radius 3 is 2.79 bits per heavy atom. The lowest BCUT2D eigenvalue weighted by Gasteiger charge is -2.30. The zero-order valence-electron chi connectivity index (χ0n) is 16.4. The Morgan fingerprint density at radius 2 is 2.04 bits per heavy atom. The molecule has 2 aliphatic heterocycles. The summed E-state index contributed by atoms with van der Waals surface area (Å²) in [7, 11) is 0. The summed E-state index contributed by atoms with van der Waals surface area (Å²) in [5, 5.41) is 0.698. The number of amides is 2. The Labute approximate surface area is 170 Å². The second-order valence-electron chi connectivity index (χ2n) is 7.57. The quantitative estimate of drug-likeness (QED) is 0.769. The standard InChI is InChI=1S/C22H25N3O2S/c1-3-11-25-18-7-6-16(21(26)24-12-8-15(2)9-13-24)14-19(18)28-20-17(22(25)27)5-4-10-23-20/h4-7,10,14-15H,3,8-9,11-13H2,1-2H3. The fraction of sp³-hybridized carbons (Fsp3) is 0.409. The molecule has 28 heavy (non-hydrogen) atoms. The summed E-state index contributed by atoms with van der Waals surface area (Å²) in [6.07, 6.45) is 4.68. The van der Waals surface area contributed by atoms with E-state index in [-0.39, 0.29) is 11.8 Å². The number of carbonyl (C=O) groups is 2. The number of aromatic nitrogens is 1. The van der Waals surface area contributed by atoms with Crippen molar-refractivity contribution in [2.75, 3.05) is 24.5 Å². The predicted octanol–water partition coefficient (Wildman–Crippen LogP) is 4.48. The van der Waals surface area contributed by atoms with Gasteiger partial charge in [0.1, 0.15) is 5.03 Å². The summed E-state index contributed by atoms with van der Waals surface area (Å²) in [4.78, 5) is 35.2. The van der Waals surface area contributed by atoms with Crippen LogP contribution in [0.4, 0.5) is 5.69 Å². The minimum Gasteiger partial charge on any atom is -0.339 e. The van der Waals surface area contributed by atoms with Crippen LogP contribution in [-0.4, -0.2) is 41.3 Å². The minimum atomic E-state index is -0.0275. The second kappa shape index (κ2) is 7.95. The molecule has 6 heteroatoms. The molecular formula is C22H25N3O2S. The molecule has 0 bridgehead atoms. The number of hydrogen-bond acceptors (Lipinski definition) is 4. The van der Waals surface area contributed by atoms with E-state index in [1.165, 1.54) is 11.8 Å². The fourth-order valence-electron chi connectivity index (χ4n) is 3.79. The maximum atomic E-state index is 13.1. The molecule has 5 nitrogen and oxygen atoms in total. The van der Waals surface area contributed by atoms with Gasteiger partial charge in [-0.25, -0.2) is 4.98 Å². The lowest BCUT2D eigenvalue weighted by molar-refractivity contribution is 0.0697. The van der Waals surface area contributed by atoms with E-state index in [1.54, 1.807) is 12.3 Å². The van der Waals surface area contributed by atoms with E-state index >= 15 is 0 Å².